The van der Waals surface area contributed by atoms with E-state index in [9.17, 15) is 9.59 Å². The molecule has 0 radical (unpaired) electrons. The van der Waals surface area contributed by atoms with E-state index in [1.165, 1.54) is 12.5 Å². The smallest absolute Gasteiger partial charge is 0.249 e. The largest absolute Gasteiger partial charge is 0.497 e. The number of amides is 2. The van der Waals surface area contributed by atoms with E-state index in [2.05, 4.69) is 36.5 Å². The van der Waals surface area contributed by atoms with Crippen LogP contribution in [0.3, 0.4) is 0 Å². The second kappa shape index (κ2) is 13.7. The number of likely N-dealkylation sites (N-methyl/N-ethyl adjacent to an activating group) is 1. The van der Waals surface area contributed by atoms with Gasteiger partial charge in [-0.1, -0.05) is 67.6 Å². The summed E-state index contributed by atoms with van der Waals surface area (Å²) in [6, 6.07) is 27.1. The Bertz CT molecular complexity index is 988. The summed E-state index contributed by atoms with van der Waals surface area (Å²) in [5, 5.41) is 2.77. The molecule has 0 aliphatic heterocycles. The van der Waals surface area contributed by atoms with Gasteiger partial charge in [0.05, 0.1) is 7.11 Å². The van der Waals surface area contributed by atoms with Gasteiger partial charge in [0, 0.05) is 23.9 Å². The molecule has 0 aliphatic rings. The van der Waals surface area contributed by atoms with E-state index in [0.717, 1.165) is 23.4 Å². The van der Waals surface area contributed by atoms with E-state index in [1.54, 1.807) is 31.2 Å². The lowest BCUT2D eigenvalue weighted by atomic mass is 10.0. The van der Waals surface area contributed by atoms with Crippen LogP contribution in [0.15, 0.2) is 84.9 Å². The molecule has 0 bridgehead atoms. The summed E-state index contributed by atoms with van der Waals surface area (Å²) >= 11 is 0. The number of anilines is 1. The number of hydrogen-bond donors (Lipinski definition) is 1. The van der Waals surface area contributed by atoms with Gasteiger partial charge in [-0.2, -0.15) is 0 Å². The minimum absolute atomic E-state index is 0. The molecule has 3 rings (SSSR count). The predicted molar refractivity (Wildman–Crippen MR) is 141 cm³/mol. The topological polar surface area (TPSA) is 58.6 Å². The highest BCUT2D eigenvalue weighted by atomic mass is 16.5. The van der Waals surface area contributed by atoms with Gasteiger partial charge in [0.15, 0.2) is 0 Å². The number of ether oxygens (including phenoxy) is 1. The van der Waals surface area contributed by atoms with Crippen LogP contribution >= 0.6 is 0 Å². The Morgan fingerprint density at radius 1 is 0.909 bits per heavy atom. The van der Waals surface area contributed by atoms with Crippen LogP contribution in [0.25, 0.3) is 0 Å². The van der Waals surface area contributed by atoms with Crippen molar-refractivity contribution < 1.29 is 18.6 Å². The van der Waals surface area contributed by atoms with Gasteiger partial charge in [0.1, 0.15) is 11.8 Å². The maximum atomic E-state index is 12.8. The monoisotopic (exact) mass is 452 g/mol. The van der Waals surface area contributed by atoms with E-state index >= 15 is 0 Å². The number of carbonyl (C=O) groups is 2. The summed E-state index contributed by atoms with van der Waals surface area (Å²) in [5.74, 6) is 0.373. The number of rotatable bonds is 8. The summed E-state index contributed by atoms with van der Waals surface area (Å²) in [5.41, 5.74) is 3.30. The van der Waals surface area contributed by atoms with Gasteiger partial charge in [-0.25, -0.2) is 0 Å². The molecule has 0 unspecified atom stereocenters. The first kappa shape index (κ1) is 25.7. The highest BCUT2D eigenvalue weighted by Crippen LogP contribution is 2.19. The predicted octanol–water partition coefficient (Wildman–Crippen LogP) is 5.78. The average Bonchev–Trinajstić information content (AvgIpc) is 2.87. The van der Waals surface area contributed by atoms with Crippen molar-refractivity contribution in [3.8, 4) is 5.75 Å². The van der Waals surface area contributed by atoms with Crippen molar-refractivity contribution in [1.29, 1.82) is 0 Å². The molecular formula is C28H40N2O3. The number of carbonyl (C=O) groups excluding carboxylic acids is 2. The van der Waals surface area contributed by atoms with Crippen LogP contribution in [-0.2, 0) is 22.4 Å². The molecule has 1 N–H and O–H groups in total. The molecule has 33 heavy (non-hydrogen) atoms. The van der Waals surface area contributed by atoms with Gasteiger partial charge >= 0.3 is 0 Å². The molecule has 0 aliphatic carbocycles. The molecule has 3 aromatic carbocycles. The number of methoxy groups -OCH3 is 1. The van der Waals surface area contributed by atoms with E-state index in [-0.39, 0.29) is 16.1 Å². The standard InChI is InChI=1S/C20H24N2O3.C8H10.3H2/c1-15(23)21-19(14-9-16-7-5-4-6-8-16)20(24)22(2)17-10-12-18(25-3)13-11-17;1-2-8-6-4-3-5-7-8;;;/h4-8,10-13,19H,9,14H2,1-3H3,(H,21,23);3-7H,2H2,1H3;3*1H/t19-;;;;/m0..../s1. The molecule has 1 atom stereocenters. The average molecular weight is 453 g/mol. The molecule has 0 fully saturated rings. The SMILES string of the molecule is CCc1ccccc1.COc1ccc(N(C)C(=O)[C@H](CCc2ccccc2)NC(C)=O)cc1.[HH].[HH].[HH]. The van der Waals surface area contributed by atoms with Crippen molar-refractivity contribution in [1.82, 2.24) is 5.32 Å². The molecule has 0 saturated carbocycles. The lowest BCUT2D eigenvalue weighted by Gasteiger charge is -2.24. The Balaban J connectivity index is 0. The summed E-state index contributed by atoms with van der Waals surface area (Å²) in [4.78, 5) is 25.9. The minimum atomic E-state index is -0.565. The number of hydrogen-bond acceptors (Lipinski definition) is 3. The fraction of sp³-hybridized carbons (Fsp3) is 0.286. The van der Waals surface area contributed by atoms with E-state index in [1.807, 2.05) is 48.5 Å². The van der Waals surface area contributed by atoms with Crippen LogP contribution < -0.4 is 15.0 Å². The lowest BCUT2D eigenvalue weighted by Crippen LogP contribution is -2.47. The molecular weight excluding hydrogens is 412 g/mol. The Morgan fingerprint density at radius 3 is 1.91 bits per heavy atom. The Labute approximate surface area is 201 Å². The second-order valence-electron chi connectivity index (χ2n) is 7.71. The summed E-state index contributed by atoms with van der Waals surface area (Å²) in [6.45, 7) is 3.59. The van der Waals surface area contributed by atoms with E-state index < -0.39 is 6.04 Å². The highest BCUT2D eigenvalue weighted by Gasteiger charge is 2.23. The van der Waals surface area contributed by atoms with Crippen LogP contribution in [0.5, 0.6) is 5.75 Å². The third-order valence-corrected chi connectivity index (χ3v) is 5.28. The maximum absolute atomic E-state index is 12.8. The maximum Gasteiger partial charge on any atom is 0.249 e. The molecule has 0 saturated heterocycles. The molecule has 180 valence electrons. The van der Waals surface area contributed by atoms with Crippen LogP contribution in [0.1, 0.15) is 35.7 Å². The number of aryl methyl sites for hydroxylation is 2. The Kier molecular flexibility index (Phi) is 10.7. The molecule has 5 nitrogen and oxygen atoms in total. The Hall–Kier alpha value is -3.60. The van der Waals surface area contributed by atoms with Crippen molar-refractivity contribution >= 4 is 17.5 Å². The molecule has 0 aromatic heterocycles. The third-order valence-electron chi connectivity index (χ3n) is 5.28. The summed E-state index contributed by atoms with van der Waals surface area (Å²) in [6.07, 6.45) is 2.40. The molecule has 0 heterocycles. The van der Waals surface area contributed by atoms with Gasteiger partial charge in [-0.3, -0.25) is 9.59 Å². The van der Waals surface area contributed by atoms with Gasteiger partial charge < -0.3 is 15.0 Å². The van der Waals surface area contributed by atoms with Crippen LogP contribution in [0.2, 0.25) is 0 Å². The Morgan fingerprint density at radius 2 is 1.45 bits per heavy atom. The van der Waals surface area contributed by atoms with Gasteiger partial charge in [0.25, 0.3) is 0 Å². The fourth-order valence-electron chi connectivity index (χ4n) is 3.34. The molecule has 2 amide bonds. The number of benzene rings is 3. The summed E-state index contributed by atoms with van der Waals surface area (Å²) in [7, 11) is 3.31. The third kappa shape index (κ3) is 8.81. The van der Waals surface area contributed by atoms with Crippen molar-refractivity contribution in [3.63, 3.8) is 0 Å². The van der Waals surface area contributed by atoms with Crippen molar-refractivity contribution in [2.45, 2.75) is 39.2 Å². The van der Waals surface area contributed by atoms with Gasteiger partial charge in [-0.05, 0) is 54.7 Å². The van der Waals surface area contributed by atoms with Gasteiger partial charge in [0.2, 0.25) is 11.8 Å². The molecule has 3 aromatic rings. The van der Waals surface area contributed by atoms with Crippen LogP contribution in [0, 0.1) is 0 Å². The van der Waals surface area contributed by atoms with E-state index in [4.69, 9.17) is 4.74 Å². The molecule has 5 heteroatoms. The van der Waals surface area contributed by atoms with Gasteiger partial charge in [-0.15, -0.1) is 0 Å². The highest BCUT2D eigenvalue weighted by molar-refractivity contribution is 5.98. The van der Waals surface area contributed by atoms with Crippen LogP contribution in [-0.4, -0.2) is 32.0 Å². The first-order chi connectivity index (χ1) is 15.9. The first-order valence-electron chi connectivity index (χ1n) is 11.2. The van der Waals surface area contributed by atoms with Crippen molar-refractivity contribution in [3.05, 3.63) is 96.1 Å². The fourth-order valence-corrected chi connectivity index (χ4v) is 3.34. The quantitative estimate of drug-likeness (QED) is 0.471. The van der Waals surface area contributed by atoms with Crippen LogP contribution in [0.4, 0.5) is 5.69 Å². The number of nitrogens with zero attached hydrogens (tertiary/aromatic N) is 1. The van der Waals surface area contributed by atoms with E-state index in [0.29, 0.717) is 12.8 Å². The minimum Gasteiger partial charge on any atom is -0.497 e. The normalized spacial score (nSPS) is 10.9. The zero-order valence-corrected chi connectivity index (χ0v) is 20.0. The summed E-state index contributed by atoms with van der Waals surface area (Å²) < 4.78 is 5.14. The number of nitrogens with one attached hydrogen (secondary N) is 1. The zero-order chi connectivity index (χ0) is 24.1. The lowest BCUT2D eigenvalue weighted by molar-refractivity contribution is -0.126. The zero-order valence-electron chi connectivity index (χ0n) is 20.0. The van der Waals surface area contributed by atoms with Crippen molar-refractivity contribution in [2.24, 2.45) is 0 Å². The van der Waals surface area contributed by atoms with Crippen molar-refractivity contribution in [2.75, 3.05) is 19.1 Å². The second-order valence-corrected chi connectivity index (χ2v) is 7.71. The molecule has 0 spiro atoms. The first-order valence-corrected chi connectivity index (χ1v) is 11.2.